The van der Waals surface area contributed by atoms with Gasteiger partial charge in [-0.3, -0.25) is 0 Å². The molecule has 1 aliphatic heterocycles. The van der Waals surface area contributed by atoms with Gasteiger partial charge < -0.3 is 14.5 Å². The average molecular weight is 223 g/mol. The summed E-state index contributed by atoms with van der Waals surface area (Å²) < 4.78 is 11.0. The van der Waals surface area contributed by atoms with Gasteiger partial charge in [0, 0.05) is 25.2 Å². The Bertz CT molecular complexity index is 343. The van der Waals surface area contributed by atoms with E-state index in [4.69, 9.17) is 9.15 Å². The molecule has 0 bridgehead atoms. The second-order valence-electron chi connectivity index (χ2n) is 4.58. The zero-order valence-electron chi connectivity index (χ0n) is 9.32. The van der Waals surface area contributed by atoms with Crippen molar-refractivity contribution in [2.45, 2.75) is 44.2 Å². The number of ether oxygens (including phenoxy) is 1. The summed E-state index contributed by atoms with van der Waals surface area (Å²) in [7, 11) is 0. The van der Waals surface area contributed by atoms with Crippen LogP contribution in [0.1, 0.15) is 43.4 Å². The molecule has 0 unspecified atom stereocenters. The predicted molar refractivity (Wildman–Crippen MR) is 57.0 cm³/mol. The van der Waals surface area contributed by atoms with Crippen LogP contribution in [0.25, 0.3) is 0 Å². The van der Waals surface area contributed by atoms with Gasteiger partial charge in [0.25, 0.3) is 0 Å². The number of rotatable bonds is 4. The van der Waals surface area contributed by atoms with Gasteiger partial charge in [-0.15, -0.1) is 10.2 Å². The molecule has 0 amide bonds. The Balaban J connectivity index is 1.57. The van der Waals surface area contributed by atoms with Crippen molar-refractivity contribution in [3.05, 3.63) is 11.8 Å². The summed E-state index contributed by atoms with van der Waals surface area (Å²) >= 11 is 0. The number of nitrogens with one attached hydrogen (secondary N) is 1. The van der Waals surface area contributed by atoms with Crippen LogP contribution in [0.3, 0.4) is 0 Å². The van der Waals surface area contributed by atoms with Crippen LogP contribution in [0.5, 0.6) is 0 Å². The molecule has 3 rings (SSSR count). The monoisotopic (exact) mass is 223 g/mol. The lowest BCUT2D eigenvalue weighted by Gasteiger charge is -2.18. The molecule has 5 nitrogen and oxygen atoms in total. The zero-order chi connectivity index (χ0) is 10.8. The Morgan fingerprint density at radius 1 is 1.12 bits per heavy atom. The van der Waals surface area contributed by atoms with E-state index < -0.39 is 0 Å². The van der Waals surface area contributed by atoms with E-state index in [9.17, 15) is 0 Å². The Labute approximate surface area is 94.6 Å². The zero-order valence-corrected chi connectivity index (χ0v) is 9.32. The third-order valence-corrected chi connectivity index (χ3v) is 3.17. The van der Waals surface area contributed by atoms with Gasteiger partial charge in [0.1, 0.15) is 0 Å². The summed E-state index contributed by atoms with van der Waals surface area (Å²) in [6, 6.07) is 0.679. The van der Waals surface area contributed by atoms with Crippen LogP contribution in [0.2, 0.25) is 0 Å². The van der Waals surface area contributed by atoms with Crippen LogP contribution in [0.15, 0.2) is 4.42 Å². The molecule has 5 heteroatoms. The van der Waals surface area contributed by atoms with E-state index in [0.717, 1.165) is 31.9 Å². The minimum Gasteiger partial charge on any atom is -0.424 e. The first-order valence-corrected chi connectivity index (χ1v) is 6.05. The SMILES string of the molecule is C1CC(c2nnc(CNC3CC3)o2)CCO1. The molecule has 2 heterocycles. The molecule has 0 radical (unpaired) electrons. The molecule has 2 fully saturated rings. The van der Waals surface area contributed by atoms with Crippen molar-refractivity contribution in [1.82, 2.24) is 15.5 Å². The molecule has 1 saturated heterocycles. The molecule has 1 saturated carbocycles. The van der Waals surface area contributed by atoms with Crippen molar-refractivity contribution >= 4 is 0 Å². The number of nitrogens with zero attached hydrogens (tertiary/aromatic N) is 2. The maximum absolute atomic E-state index is 5.66. The quantitative estimate of drug-likeness (QED) is 0.831. The van der Waals surface area contributed by atoms with E-state index >= 15 is 0 Å². The second-order valence-corrected chi connectivity index (χ2v) is 4.58. The highest BCUT2D eigenvalue weighted by atomic mass is 16.5. The first kappa shape index (κ1) is 10.2. The standard InChI is InChI=1S/C11H17N3O2/c1-2-9(1)12-7-10-13-14-11(16-10)8-3-5-15-6-4-8/h8-9,12H,1-7H2. The highest BCUT2D eigenvalue weighted by Gasteiger charge is 2.23. The van der Waals surface area contributed by atoms with Gasteiger partial charge in [-0.1, -0.05) is 0 Å². The van der Waals surface area contributed by atoms with Crippen molar-refractivity contribution in [2.24, 2.45) is 0 Å². The normalized spacial score (nSPS) is 22.5. The van der Waals surface area contributed by atoms with Crippen molar-refractivity contribution in [1.29, 1.82) is 0 Å². The third-order valence-electron chi connectivity index (χ3n) is 3.17. The minimum absolute atomic E-state index is 0.399. The Kier molecular flexibility index (Phi) is 2.88. The van der Waals surface area contributed by atoms with Crippen LogP contribution in [0, 0.1) is 0 Å². The Hall–Kier alpha value is -0.940. The lowest BCUT2D eigenvalue weighted by atomic mass is 10.0. The highest BCUT2D eigenvalue weighted by Crippen LogP contribution is 2.25. The number of hydrogen-bond donors (Lipinski definition) is 1. The fraction of sp³-hybridized carbons (Fsp3) is 0.818. The summed E-state index contributed by atoms with van der Waals surface area (Å²) in [5.41, 5.74) is 0. The molecule has 1 N–H and O–H groups in total. The Morgan fingerprint density at radius 2 is 1.94 bits per heavy atom. The molecule has 0 atom stereocenters. The molecule has 1 aromatic rings. The smallest absolute Gasteiger partial charge is 0.230 e. The molecule has 0 spiro atoms. The maximum atomic E-state index is 5.66. The summed E-state index contributed by atoms with van der Waals surface area (Å²) in [6.07, 6.45) is 4.55. The van der Waals surface area contributed by atoms with Crippen LogP contribution in [-0.2, 0) is 11.3 Å². The van der Waals surface area contributed by atoms with Gasteiger partial charge in [0.2, 0.25) is 11.8 Å². The van der Waals surface area contributed by atoms with Gasteiger partial charge in [0.05, 0.1) is 6.54 Å². The molecule has 0 aromatic carbocycles. The largest absolute Gasteiger partial charge is 0.424 e. The molecule has 2 aliphatic rings. The van der Waals surface area contributed by atoms with Gasteiger partial charge in [-0.25, -0.2) is 0 Å². The molecule has 1 aromatic heterocycles. The van der Waals surface area contributed by atoms with E-state index in [0.29, 0.717) is 24.4 Å². The van der Waals surface area contributed by atoms with Crippen LogP contribution in [-0.4, -0.2) is 29.5 Å². The minimum atomic E-state index is 0.399. The fourth-order valence-electron chi connectivity index (χ4n) is 1.97. The summed E-state index contributed by atoms with van der Waals surface area (Å²) in [4.78, 5) is 0. The van der Waals surface area contributed by atoms with E-state index in [1.807, 2.05) is 0 Å². The van der Waals surface area contributed by atoms with Gasteiger partial charge in [0.15, 0.2) is 0 Å². The molecular weight excluding hydrogens is 206 g/mol. The second kappa shape index (κ2) is 4.51. The summed E-state index contributed by atoms with van der Waals surface area (Å²) in [5, 5.41) is 11.6. The van der Waals surface area contributed by atoms with Crippen LogP contribution < -0.4 is 5.32 Å². The highest BCUT2D eigenvalue weighted by molar-refractivity contribution is 4.93. The van der Waals surface area contributed by atoms with E-state index in [1.165, 1.54) is 12.8 Å². The van der Waals surface area contributed by atoms with Crippen LogP contribution in [0.4, 0.5) is 0 Å². The molecule has 16 heavy (non-hydrogen) atoms. The van der Waals surface area contributed by atoms with E-state index in [-0.39, 0.29) is 0 Å². The number of aromatic nitrogens is 2. The van der Waals surface area contributed by atoms with Crippen molar-refractivity contribution in [3.8, 4) is 0 Å². The predicted octanol–water partition coefficient (Wildman–Crippen LogP) is 1.22. The van der Waals surface area contributed by atoms with E-state index in [2.05, 4.69) is 15.5 Å². The average Bonchev–Trinajstić information content (AvgIpc) is 3.05. The molecule has 1 aliphatic carbocycles. The summed E-state index contributed by atoms with van der Waals surface area (Å²) in [5.74, 6) is 1.90. The first-order chi connectivity index (χ1) is 7.92. The van der Waals surface area contributed by atoms with Gasteiger partial charge in [-0.05, 0) is 25.7 Å². The third kappa shape index (κ3) is 2.41. The van der Waals surface area contributed by atoms with E-state index in [1.54, 1.807) is 0 Å². The van der Waals surface area contributed by atoms with Crippen molar-refractivity contribution in [3.63, 3.8) is 0 Å². The van der Waals surface area contributed by atoms with Crippen molar-refractivity contribution in [2.75, 3.05) is 13.2 Å². The Morgan fingerprint density at radius 3 is 2.69 bits per heavy atom. The van der Waals surface area contributed by atoms with Crippen LogP contribution >= 0.6 is 0 Å². The fourth-order valence-corrected chi connectivity index (χ4v) is 1.97. The first-order valence-electron chi connectivity index (χ1n) is 6.05. The van der Waals surface area contributed by atoms with Gasteiger partial charge >= 0.3 is 0 Å². The lowest BCUT2D eigenvalue weighted by Crippen LogP contribution is -2.15. The molecule has 88 valence electrons. The topological polar surface area (TPSA) is 60.2 Å². The maximum Gasteiger partial charge on any atom is 0.230 e. The van der Waals surface area contributed by atoms with Gasteiger partial charge in [-0.2, -0.15) is 0 Å². The molecular formula is C11H17N3O2. The van der Waals surface area contributed by atoms with Crippen molar-refractivity contribution < 1.29 is 9.15 Å². The lowest BCUT2D eigenvalue weighted by molar-refractivity contribution is 0.0791. The summed E-state index contributed by atoms with van der Waals surface area (Å²) in [6.45, 7) is 2.33. The number of hydrogen-bond acceptors (Lipinski definition) is 5.